The van der Waals surface area contributed by atoms with Crippen LogP contribution in [0.2, 0.25) is 0 Å². The number of aliphatic hydroxyl groups is 1. The molecule has 1 aliphatic rings. The van der Waals surface area contributed by atoms with Crippen molar-refractivity contribution in [2.75, 3.05) is 11.9 Å². The first-order chi connectivity index (χ1) is 17.2. The highest BCUT2D eigenvalue weighted by Gasteiger charge is 2.40. The fraction of sp³-hybridized carbons (Fsp3) is 0.320. The fourth-order valence-electron chi connectivity index (χ4n) is 4.03. The lowest BCUT2D eigenvalue weighted by molar-refractivity contribution is -0.00177. The van der Waals surface area contributed by atoms with Crippen LogP contribution in [0.25, 0.3) is 16.9 Å². The van der Waals surface area contributed by atoms with Crippen molar-refractivity contribution in [3.8, 4) is 11.9 Å². The highest BCUT2D eigenvalue weighted by molar-refractivity contribution is 5.99. The topological polar surface area (TPSA) is 145 Å². The van der Waals surface area contributed by atoms with Gasteiger partial charge in [0.1, 0.15) is 23.7 Å². The zero-order valence-electron chi connectivity index (χ0n) is 19.7. The molecule has 0 aliphatic heterocycles. The molecule has 3 atom stereocenters. The van der Waals surface area contributed by atoms with Crippen molar-refractivity contribution in [2.24, 2.45) is 0 Å². The van der Waals surface area contributed by atoms with E-state index in [1.54, 1.807) is 29.2 Å². The van der Waals surface area contributed by atoms with E-state index in [9.17, 15) is 14.3 Å². The zero-order valence-corrected chi connectivity index (χ0v) is 19.7. The van der Waals surface area contributed by atoms with Crippen molar-refractivity contribution in [3.05, 3.63) is 66.1 Å². The number of nitriles is 1. The maximum atomic E-state index is 14.2. The number of aromatic nitrogens is 5. The number of pyridine rings is 2. The second-order valence-electron chi connectivity index (χ2n) is 9.44. The summed E-state index contributed by atoms with van der Waals surface area (Å²) in [4.78, 5) is 29.1. The van der Waals surface area contributed by atoms with Gasteiger partial charge in [-0.15, -0.1) is 0 Å². The Morgan fingerprint density at radius 2 is 2.19 bits per heavy atom. The van der Waals surface area contributed by atoms with Gasteiger partial charge < -0.3 is 20.7 Å². The molecule has 10 nitrogen and oxygen atoms in total. The standard InChI is InChI=1S/C25H25FN8O2/c1-25(2,36)21(26)12-31-24(35)17-10-29-22(34-4-3-15-5-14(8-27)9-30-23(15)34)7-19(17)33-18-6-16(18)20-11-28-13-32-20/h3-5,7,9-11,13,16,18,21,36H,6,12H2,1-2H3,(H,28,32)(H,29,33)(H,31,35)/t16?,18?,21-/m1/s1. The highest BCUT2D eigenvalue weighted by Crippen LogP contribution is 2.42. The third-order valence-electron chi connectivity index (χ3n) is 6.28. The molecule has 1 saturated carbocycles. The number of carbonyl (C=O) groups is 1. The largest absolute Gasteiger partial charge is 0.387 e. The number of carbonyl (C=O) groups excluding carboxylic acids is 1. The third-order valence-corrected chi connectivity index (χ3v) is 6.28. The summed E-state index contributed by atoms with van der Waals surface area (Å²) in [6.45, 7) is 2.37. The lowest BCUT2D eigenvalue weighted by atomic mass is 10.0. The maximum absolute atomic E-state index is 14.2. The average molecular weight is 489 g/mol. The molecule has 36 heavy (non-hydrogen) atoms. The lowest BCUT2D eigenvalue weighted by Gasteiger charge is -2.22. The van der Waals surface area contributed by atoms with Crippen LogP contribution >= 0.6 is 0 Å². The molecule has 4 aromatic rings. The van der Waals surface area contributed by atoms with Gasteiger partial charge in [0.25, 0.3) is 5.91 Å². The van der Waals surface area contributed by atoms with Crippen LogP contribution in [0, 0.1) is 11.3 Å². The summed E-state index contributed by atoms with van der Waals surface area (Å²) in [7, 11) is 0. The van der Waals surface area contributed by atoms with E-state index in [0.717, 1.165) is 17.5 Å². The molecule has 1 amide bonds. The van der Waals surface area contributed by atoms with Crippen LogP contribution in [0.4, 0.5) is 10.1 Å². The van der Waals surface area contributed by atoms with Crippen molar-refractivity contribution in [3.63, 3.8) is 0 Å². The third kappa shape index (κ3) is 4.63. The molecule has 1 fully saturated rings. The number of nitrogens with one attached hydrogen (secondary N) is 3. The summed E-state index contributed by atoms with van der Waals surface area (Å²) in [6.07, 6.45) is 7.42. The van der Waals surface area contributed by atoms with Crippen LogP contribution in [0.1, 0.15) is 47.8 Å². The molecule has 0 bridgehead atoms. The van der Waals surface area contributed by atoms with E-state index < -0.39 is 17.7 Å². The maximum Gasteiger partial charge on any atom is 0.255 e. The molecule has 184 valence electrons. The summed E-state index contributed by atoms with van der Waals surface area (Å²) in [5, 5.41) is 25.7. The molecule has 0 spiro atoms. The van der Waals surface area contributed by atoms with Crippen molar-refractivity contribution in [1.29, 1.82) is 5.26 Å². The normalized spacial score (nSPS) is 18.0. The predicted molar refractivity (Wildman–Crippen MR) is 130 cm³/mol. The number of imidazole rings is 1. The van der Waals surface area contributed by atoms with E-state index in [1.165, 1.54) is 26.2 Å². The van der Waals surface area contributed by atoms with Crippen LogP contribution in [0.15, 0.2) is 49.3 Å². The summed E-state index contributed by atoms with van der Waals surface area (Å²) in [5.41, 5.74) is 1.23. The molecule has 0 radical (unpaired) electrons. The van der Waals surface area contributed by atoms with Gasteiger partial charge in [-0.2, -0.15) is 5.26 Å². The van der Waals surface area contributed by atoms with Crippen LogP contribution in [0.3, 0.4) is 0 Å². The molecular formula is C25H25FN8O2. The molecule has 0 saturated heterocycles. The van der Waals surface area contributed by atoms with Gasteiger partial charge in [0, 0.05) is 48.2 Å². The number of hydrogen-bond acceptors (Lipinski definition) is 7. The Kier molecular flexibility index (Phi) is 5.89. The van der Waals surface area contributed by atoms with Crippen molar-refractivity contribution in [2.45, 2.75) is 44.0 Å². The van der Waals surface area contributed by atoms with Crippen LogP contribution in [-0.2, 0) is 0 Å². The van der Waals surface area contributed by atoms with Crippen molar-refractivity contribution >= 4 is 22.6 Å². The fourth-order valence-corrected chi connectivity index (χ4v) is 4.03. The van der Waals surface area contributed by atoms with Gasteiger partial charge in [-0.05, 0) is 32.4 Å². The number of hydrogen-bond donors (Lipinski definition) is 4. The quantitative estimate of drug-likeness (QED) is 0.298. The molecule has 11 heteroatoms. The molecule has 4 N–H and O–H groups in total. The lowest BCUT2D eigenvalue weighted by Crippen LogP contribution is -2.42. The average Bonchev–Trinajstić information content (AvgIpc) is 3.24. The molecular weight excluding hydrogens is 463 g/mol. The number of fused-ring (bicyclic) bond motifs is 1. The first-order valence-electron chi connectivity index (χ1n) is 11.5. The Bertz CT molecular complexity index is 1450. The Morgan fingerprint density at radius 3 is 2.92 bits per heavy atom. The number of nitrogens with zero attached hydrogens (tertiary/aromatic N) is 5. The Morgan fingerprint density at radius 1 is 1.36 bits per heavy atom. The van der Waals surface area contributed by atoms with Gasteiger partial charge in [0.15, 0.2) is 0 Å². The van der Waals surface area contributed by atoms with Gasteiger partial charge in [0.05, 0.1) is 41.0 Å². The summed E-state index contributed by atoms with van der Waals surface area (Å²) >= 11 is 0. The first-order valence-corrected chi connectivity index (χ1v) is 11.5. The van der Waals surface area contributed by atoms with Crippen LogP contribution < -0.4 is 10.6 Å². The van der Waals surface area contributed by atoms with Gasteiger partial charge >= 0.3 is 0 Å². The van der Waals surface area contributed by atoms with Crippen LogP contribution in [0.5, 0.6) is 0 Å². The Labute approximate surface area is 206 Å². The molecule has 1 aliphatic carbocycles. The number of amides is 1. The number of halogens is 1. The predicted octanol–water partition coefficient (Wildman–Crippen LogP) is 2.82. The summed E-state index contributed by atoms with van der Waals surface area (Å²) in [5.74, 6) is 0.223. The minimum Gasteiger partial charge on any atom is -0.387 e. The Balaban J connectivity index is 1.45. The van der Waals surface area contributed by atoms with Gasteiger partial charge in [-0.1, -0.05) is 0 Å². The summed E-state index contributed by atoms with van der Waals surface area (Å²) < 4.78 is 16.0. The number of rotatable bonds is 8. The van der Waals surface area contributed by atoms with E-state index in [4.69, 9.17) is 5.26 Å². The first kappa shape index (κ1) is 23.4. The summed E-state index contributed by atoms with van der Waals surface area (Å²) in [6, 6.07) is 7.48. The number of anilines is 1. The number of aromatic amines is 1. The number of alkyl halides is 1. The van der Waals surface area contributed by atoms with Crippen molar-refractivity contribution in [1.82, 2.24) is 29.8 Å². The van der Waals surface area contributed by atoms with Crippen LogP contribution in [-0.4, -0.2) is 59.9 Å². The van der Waals surface area contributed by atoms with Gasteiger partial charge in [-0.25, -0.2) is 19.3 Å². The second-order valence-corrected chi connectivity index (χ2v) is 9.44. The SMILES string of the molecule is CC(C)(O)[C@H](F)CNC(=O)c1cnc(-n2ccc3cc(C#N)cnc32)cc1NC1CC1c1c[nH]cn1. The molecule has 5 rings (SSSR count). The monoisotopic (exact) mass is 488 g/mol. The molecule has 4 heterocycles. The van der Waals surface area contributed by atoms with Gasteiger partial charge in [-0.3, -0.25) is 9.36 Å². The molecule has 4 aromatic heterocycles. The Hall–Kier alpha value is -4.30. The van der Waals surface area contributed by atoms with E-state index >= 15 is 0 Å². The smallest absolute Gasteiger partial charge is 0.255 e. The second kappa shape index (κ2) is 9.05. The van der Waals surface area contributed by atoms with E-state index in [-0.39, 0.29) is 24.1 Å². The minimum atomic E-state index is -1.63. The zero-order chi connectivity index (χ0) is 25.4. The molecule has 0 aromatic carbocycles. The number of H-pyrrole nitrogens is 1. The van der Waals surface area contributed by atoms with E-state index in [1.807, 2.05) is 12.3 Å². The van der Waals surface area contributed by atoms with Crippen molar-refractivity contribution < 1.29 is 14.3 Å². The van der Waals surface area contributed by atoms with E-state index in [0.29, 0.717) is 22.7 Å². The van der Waals surface area contributed by atoms with Gasteiger partial charge in [0.2, 0.25) is 0 Å². The minimum absolute atomic E-state index is 0.0677. The molecule has 2 unspecified atom stereocenters. The van der Waals surface area contributed by atoms with E-state index in [2.05, 4.69) is 36.6 Å². The highest BCUT2D eigenvalue weighted by atomic mass is 19.1.